The predicted molar refractivity (Wildman–Crippen MR) is 53.4 cm³/mol. The minimum atomic E-state index is 0.0337. The first-order valence-electron chi connectivity index (χ1n) is 4.39. The van der Waals surface area contributed by atoms with Crippen LogP contribution >= 0.6 is 0 Å². The lowest BCUT2D eigenvalue weighted by Crippen LogP contribution is -2.05. The van der Waals surface area contributed by atoms with Gasteiger partial charge in [-0.3, -0.25) is 0 Å². The zero-order valence-corrected chi connectivity index (χ0v) is 7.83. The molecule has 0 radical (unpaired) electrons. The number of benzene rings is 1. The first kappa shape index (κ1) is 8.26. The average molecular weight is 175 g/mol. The molecule has 1 aromatic heterocycles. The Morgan fingerprint density at radius 2 is 2.23 bits per heavy atom. The number of rotatable bonds is 1. The van der Waals surface area contributed by atoms with Gasteiger partial charge in [-0.15, -0.1) is 0 Å². The highest BCUT2D eigenvalue weighted by molar-refractivity contribution is 5.79. The predicted octanol–water partition coefficient (Wildman–Crippen LogP) is 1.89. The van der Waals surface area contributed by atoms with Gasteiger partial charge in [-0.2, -0.15) is 0 Å². The lowest BCUT2D eigenvalue weighted by molar-refractivity contribution is 0.824. The Kier molecular flexibility index (Phi) is 1.81. The van der Waals surface area contributed by atoms with E-state index in [4.69, 9.17) is 5.73 Å². The quantitative estimate of drug-likeness (QED) is 0.695. The maximum Gasteiger partial charge on any atom is 0.104 e. The van der Waals surface area contributed by atoms with Crippen LogP contribution in [-0.2, 0) is 0 Å². The van der Waals surface area contributed by atoms with E-state index in [-0.39, 0.29) is 6.04 Å². The van der Waals surface area contributed by atoms with Crippen LogP contribution in [0.5, 0.6) is 0 Å². The lowest BCUT2D eigenvalue weighted by Gasteiger charge is -2.04. The second kappa shape index (κ2) is 2.85. The molecular formula is C10H13N3. The van der Waals surface area contributed by atoms with Crippen LogP contribution in [0, 0.1) is 6.92 Å². The molecule has 1 unspecified atom stereocenters. The number of fused-ring (bicyclic) bond motifs is 1. The minimum Gasteiger partial charge on any atom is -0.342 e. The fourth-order valence-corrected chi connectivity index (χ4v) is 1.55. The van der Waals surface area contributed by atoms with Crippen molar-refractivity contribution in [1.82, 2.24) is 9.97 Å². The van der Waals surface area contributed by atoms with Gasteiger partial charge in [0.15, 0.2) is 0 Å². The summed E-state index contributed by atoms with van der Waals surface area (Å²) in [7, 11) is 0. The Balaban J connectivity index is 2.75. The molecule has 0 aliphatic carbocycles. The second-order valence-electron chi connectivity index (χ2n) is 3.35. The molecule has 2 rings (SSSR count). The third-order valence-corrected chi connectivity index (χ3v) is 2.15. The Labute approximate surface area is 77.0 Å². The molecule has 3 heteroatoms. The monoisotopic (exact) mass is 175 g/mol. The standard InChI is InChI=1S/C10H13N3/c1-6(11)8-4-3-5-9-10(8)13-7(2)12-9/h3-6H,11H2,1-2H3,(H,12,13). The number of hydrogen-bond acceptors (Lipinski definition) is 2. The zero-order valence-electron chi connectivity index (χ0n) is 7.83. The first-order valence-corrected chi connectivity index (χ1v) is 4.39. The SMILES string of the molecule is Cc1nc2c(C(C)N)cccc2[nH]1. The molecule has 0 fully saturated rings. The van der Waals surface area contributed by atoms with E-state index in [2.05, 4.69) is 9.97 Å². The maximum absolute atomic E-state index is 5.84. The highest BCUT2D eigenvalue weighted by Gasteiger charge is 2.07. The Morgan fingerprint density at radius 3 is 2.92 bits per heavy atom. The van der Waals surface area contributed by atoms with Crippen molar-refractivity contribution in [1.29, 1.82) is 0 Å². The molecule has 0 saturated carbocycles. The van der Waals surface area contributed by atoms with Crippen molar-refractivity contribution >= 4 is 11.0 Å². The molecule has 0 amide bonds. The number of nitrogens with two attached hydrogens (primary N) is 1. The third-order valence-electron chi connectivity index (χ3n) is 2.15. The maximum atomic E-state index is 5.84. The van der Waals surface area contributed by atoms with Crippen molar-refractivity contribution in [3.05, 3.63) is 29.6 Å². The number of para-hydroxylation sites is 1. The highest BCUT2D eigenvalue weighted by atomic mass is 14.9. The molecule has 2 aromatic rings. The van der Waals surface area contributed by atoms with Gasteiger partial charge in [0.05, 0.1) is 11.0 Å². The number of nitrogens with one attached hydrogen (secondary N) is 1. The van der Waals surface area contributed by atoms with E-state index in [0.717, 1.165) is 22.4 Å². The highest BCUT2D eigenvalue weighted by Crippen LogP contribution is 2.20. The topological polar surface area (TPSA) is 54.7 Å². The van der Waals surface area contributed by atoms with Gasteiger partial charge in [0.2, 0.25) is 0 Å². The normalized spacial score (nSPS) is 13.5. The van der Waals surface area contributed by atoms with Gasteiger partial charge < -0.3 is 10.7 Å². The molecular weight excluding hydrogens is 162 g/mol. The van der Waals surface area contributed by atoms with Crippen molar-refractivity contribution in [2.75, 3.05) is 0 Å². The molecule has 68 valence electrons. The lowest BCUT2D eigenvalue weighted by atomic mass is 10.1. The van der Waals surface area contributed by atoms with Crippen molar-refractivity contribution in [3.63, 3.8) is 0 Å². The smallest absolute Gasteiger partial charge is 0.104 e. The molecule has 1 atom stereocenters. The summed E-state index contributed by atoms with van der Waals surface area (Å²) in [6, 6.07) is 6.07. The van der Waals surface area contributed by atoms with Crippen molar-refractivity contribution in [3.8, 4) is 0 Å². The van der Waals surface area contributed by atoms with Crippen LogP contribution in [0.3, 0.4) is 0 Å². The van der Waals surface area contributed by atoms with Gasteiger partial charge in [-0.1, -0.05) is 12.1 Å². The molecule has 0 aliphatic rings. The summed E-state index contributed by atoms with van der Waals surface area (Å²) in [5.74, 6) is 0.933. The fourth-order valence-electron chi connectivity index (χ4n) is 1.55. The van der Waals surface area contributed by atoms with Crippen LogP contribution in [-0.4, -0.2) is 9.97 Å². The third kappa shape index (κ3) is 1.31. The van der Waals surface area contributed by atoms with Gasteiger partial charge in [0.25, 0.3) is 0 Å². The van der Waals surface area contributed by atoms with Crippen molar-refractivity contribution in [2.24, 2.45) is 5.73 Å². The summed E-state index contributed by atoms with van der Waals surface area (Å²) in [6.45, 7) is 3.92. The number of aromatic nitrogens is 2. The van der Waals surface area contributed by atoms with Gasteiger partial charge in [0, 0.05) is 6.04 Å². The van der Waals surface area contributed by atoms with E-state index in [9.17, 15) is 0 Å². The zero-order chi connectivity index (χ0) is 9.42. The summed E-state index contributed by atoms with van der Waals surface area (Å²) in [6.07, 6.45) is 0. The molecule has 13 heavy (non-hydrogen) atoms. The van der Waals surface area contributed by atoms with E-state index in [1.165, 1.54) is 0 Å². The molecule has 3 nitrogen and oxygen atoms in total. The van der Waals surface area contributed by atoms with Gasteiger partial charge in [0.1, 0.15) is 5.82 Å². The minimum absolute atomic E-state index is 0.0337. The Morgan fingerprint density at radius 1 is 1.46 bits per heavy atom. The van der Waals surface area contributed by atoms with Crippen LogP contribution < -0.4 is 5.73 Å². The van der Waals surface area contributed by atoms with Gasteiger partial charge >= 0.3 is 0 Å². The van der Waals surface area contributed by atoms with E-state index < -0.39 is 0 Å². The van der Waals surface area contributed by atoms with Gasteiger partial charge in [-0.25, -0.2) is 4.98 Å². The van der Waals surface area contributed by atoms with Crippen LogP contribution in [0.15, 0.2) is 18.2 Å². The van der Waals surface area contributed by atoms with Crippen molar-refractivity contribution < 1.29 is 0 Å². The largest absolute Gasteiger partial charge is 0.342 e. The summed E-state index contributed by atoms with van der Waals surface area (Å²) in [4.78, 5) is 7.59. The summed E-state index contributed by atoms with van der Waals surface area (Å²) in [5, 5.41) is 0. The molecule has 0 bridgehead atoms. The van der Waals surface area contributed by atoms with E-state index >= 15 is 0 Å². The molecule has 1 heterocycles. The van der Waals surface area contributed by atoms with Crippen LogP contribution in [0.2, 0.25) is 0 Å². The van der Waals surface area contributed by atoms with Crippen LogP contribution in [0.4, 0.5) is 0 Å². The summed E-state index contributed by atoms with van der Waals surface area (Å²) in [5.41, 5.74) is 8.99. The molecule has 0 spiro atoms. The number of imidazole rings is 1. The second-order valence-corrected chi connectivity index (χ2v) is 3.35. The fraction of sp³-hybridized carbons (Fsp3) is 0.300. The molecule has 3 N–H and O–H groups in total. The number of nitrogens with zero attached hydrogens (tertiary/aromatic N) is 1. The van der Waals surface area contributed by atoms with Crippen molar-refractivity contribution in [2.45, 2.75) is 19.9 Å². The molecule has 1 aromatic carbocycles. The number of H-pyrrole nitrogens is 1. The van der Waals surface area contributed by atoms with Crippen LogP contribution in [0.25, 0.3) is 11.0 Å². The molecule has 0 aliphatic heterocycles. The number of aryl methyl sites for hydroxylation is 1. The van der Waals surface area contributed by atoms with E-state index in [0.29, 0.717) is 0 Å². The Bertz CT molecular complexity index is 429. The first-order chi connectivity index (χ1) is 6.18. The van der Waals surface area contributed by atoms with E-state index in [1.807, 2.05) is 32.0 Å². The average Bonchev–Trinajstić information content (AvgIpc) is 2.43. The van der Waals surface area contributed by atoms with Gasteiger partial charge in [-0.05, 0) is 25.5 Å². The summed E-state index contributed by atoms with van der Waals surface area (Å²) < 4.78 is 0. The number of hydrogen-bond donors (Lipinski definition) is 2. The Hall–Kier alpha value is -1.35. The summed E-state index contributed by atoms with van der Waals surface area (Å²) >= 11 is 0. The van der Waals surface area contributed by atoms with Crippen LogP contribution in [0.1, 0.15) is 24.4 Å². The number of aromatic amines is 1. The molecule has 0 saturated heterocycles. The van der Waals surface area contributed by atoms with E-state index in [1.54, 1.807) is 0 Å².